The first kappa shape index (κ1) is 11.9. The number of nitrogens with one attached hydrogen (secondary N) is 2. The van der Waals surface area contributed by atoms with Crippen LogP contribution in [0.2, 0.25) is 0 Å². The summed E-state index contributed by atoms with van der Waals surface area (Å²) >= 11 is 0. The van der Waals surface area contributed by atoms with Gasteiger partial charge in [-0.3, -0.25) is 4.79 Å². The summed E-state index contributed by atoms with van der Waals surface area (Å²) in [7, 11) is 0. The van der Waals surface area contributed by atoms with Crippen molar-refractivity contribution in [1.29, 1.82) is 0 Å². The fraction of sp³-hybridized carbons (Fsp3) is 0.462. The van der Waals surface area contributed by atoms with Crippen LogP contribution in [0.1, 0.15) is 25.3 Å². The molecule has 1 aromatic carbocycles. The average molecular weight is 236 g/mol. The molecule has 1 aliphatic carbocycles. The van der Waals surface area contributed by atoms with Gasteiger partial charge in [-0.1, -0.05) is 6.07 Å². The first-order valence-corrected chi connectivity index (χ1v) is 5.89. The van der Waals surface area contributed by atoms with Gasteiger partial charge < -0.3 is 10.6 Å². The monoisotopic (exact) mass is 236 g/mol. The second-order valence-electron chi connectivity index (χ2n) is 4.63. The molecule has 0 aliphatic heterocycles. The van der Waals surface area contributed by atoms with E-state index >= 15 is 0 Å². The van der Waals surface area contributed by atoms with Gasteiger partial charge >= 0.3 is 0 Å². The van der Waals surface area contributed by atoms with Crippen LogP contribution >= 0.6 is 0 Å². The molecule has 17 heavy (non-hydrogen) atoms. The molecule has 2 rings (SSSR count). The Morgan fingerprint density at radius 2 is 2.18 bits per heavy atom. The molecular formula is C13H17FN2O. The van der Waals surface area contributed by atoms with Crippen LogP contribution in [0, 0.1) is 12.7 Å². The molecule has 0 saturated heterocycles. The molecule has 0 bridgehead atoms. The maximum atomic E-state index is 13.5. The summed E-state index contributed by atoms with van der Waals surface area (Å²) in [6.45, 7) is 3.62. The predicted molar refractivity (Wildman–Crippen MR) is 65.4 cm³/mol. The smallest absolute Gasteiger partial charge is 0.242 e. The zero-order valence-corrected chi connectivity index (χ0v) is 10.1. The molecule has 1 unspecified atom stereocenters. The zero-order valence-electron chi connectivity index (χ0n) is 10.1. The molecule has 0 heterocycles. The van der Waals surface area contributed by atoms with Crippen LogP contribution < -0.4 is 10.6 Å². The van der Waals surface area contributed by atoms with Crippen LogP contribution in [-0.4, -0.2) is 18.0 Å². The number of hydrogen-bond donors (Lipinski definition) is 2. The number of halogens is 1. The van der Waals surface area contributed by atoms with E-state index in [1.165, 1.54) is 6.07 Å². The maximum absolute atomic E-state index is 13.5. The SMILES string of the molecule is Cc1ccc(F)c(NC(C)C(=O)NC2CC2)c1. The van der Waals surface area contributed by atoms with Crippen molar-refractivity contribution in [2.75, 3.05) is 5.32 Å². The number of carbonyl (C=O) groups excluding carboxylic acids is 1. The molecule has 1 fully saturated rings. The Morgan fingerprint density at radius 1 is 1.47 bits per heavy atom. The molecule has 1 atom stereocenters. The van der Waals surface area contributed by atoms with Gasteiger partial charge in [-0.25, -0.2) is 4.39 Å². The van der Waals surface area contributed by atoms with Gasteiger partial charge in [0, 0.05) is 6.04 Å². The van der Waals surface area contributed by atoms with Crippen molar-refractivity contribution in [3.05, 3.63) is 29.6 Å². The van der Waals surface area contributed by atoms with Crippen LogP contribution in [-0.2, 0) is 4.79 Å². The van der Waals surface area contributed by atoms with E-state index in [2.05, 4.69) is 10.6 Å². The van der Waals surface area contributed by atoms with Gasteiger partial charge in [0.15, 0.2) is 0 Å². The lowest BCUT2D eigenvalue weighted by atomic mass is 10.2. The molecule has 0 radical (unpaired) electrons. The lowest BCUT2D eigenvalue weighted by Crippen LogP contribution is -2.38. The van der Waals surface area contributed by atoms with E-state index in [0.717, 1.165) is 18.4 Å². The van der Waals surface area contributed by atoms with Crippen LogP contribution in [0.4, 0.5) is 10.1 Å². The van der Waals surface area contributed by atoms with Crippen molar-refractivity contribution >= 4 is 11.6 Å². The fourth-order valence-electron chi connectivity index (χ4n) is 1.60. The molecule has 1 amide bonds. The van der Waals surface area contributed by atoms with Gasteiger partial charge in [0.2, 0.25) is 5.91 Å². The number of aryl methyl sites for hydroxylation is 1. The second-order valence-corrected chi connectivity index (χ2v) is 4.63. The number of carbonyl (C=O) groups is 1. The molecule has 3 nitrogen and oxygen atoms in total. The van der Waals surface area contributed by atoms with E-state index in [1.54, 1.807) is 19.1 Å². The van der Waals surface area contributed by atoms with Crippen molar-refractivity contribution in [1.82, 2.24) is 5.32 Å². The van der Waals surface area contributed by atoms with Gasteiger partial charge in [-0.2, -0.15) is 0 Å². The van der Waals surface area contributed by atoms with E-state index in [4.69, 9.17) is 0 Å². The number of hydrogen-bond acceptors (Lipinski definition) is 2. The Balaban J connectivity index is 1.98. The van der Waals surface area contributed by atoms with Crippen LogP contribution in [0.5, 0.6) is 0 Å². The summed E-state index contributed by atoms with van der Waals surface area (Å²) in [6.07, 6.45) is 2.11. The minimum absolute atomic E-state index is 0.0755. The Morgan fingerprint density at radius 3 is 2.82 bits per heavy atom. The Kier molecular flexibility index (Phi) is 3.31. The van der Waals surface area contributed by atoms with E-state index in [-0.39, 0.29) is 11.7 Å². The lowest BCUT2D eigenvalue weighted by molar-refractivity contribution is -0.121. The normalized spacial score (nSPS) is 16.4. The molecule has 0 aromatic heterocycles. The number of rotatable bonds is 4. The van der Waals surface area contributed by atoms with Crippen molar-refractivity contribution < 1.29 is 9.18 Å². The summed E-state index contributed by atoms with van der Waals surface area (Å²) < 4.78 is 13.5. The highest BCUT2D eigenvalue weighted by Crippen LogP contribution is 2.20. The highest BCUT2D eigenvalue weighted by atomic mass is 19.1. The highest BCUT2D eigenvalue weighted by Gasteiger charge is 2.25. The van der Waals surface area contributed by atoms with Gasteiger partial charge in [0.05, 0.1) is 5.69 Å². The van der Waals surface area contributed by atoms with Crippen LogP contribution in [0.15, 0.2) is 18.2 Å². The quantitative estimate of drug-likeness (QED) is 0.841. The fourth-order valence-corrected chi connectivity index (χ4v) is 1.60. The number of anilines is 1. The predicted octanol–water partition coefficient (Wildman–Crippen LogP) is 2.21. The van der Waals surface area contributed by atoms with Crippen molar-refractivity contribution in [2.45, 2.75) is 38.8 Å². The van der Waals surface area contributed by atoms with Gasteiger partial charge in [0.25, 0.3) is 0 Å². The molecule has 2 N–H and O–H groups in total. The molecular weight excluding hydrogens is 219 g/mol. The highest BCUT2D eigenvalue weighted by molar-refractivity contribution is 5.84. The largest absolute Gasteiger partial charge is 0.372 e. The Hall–Kier alpha value is -1.58. The van der Waals surface area contributed by atoms with E-state index in [1.807, 2.05) is 6.92 Å². The van der Waals surface area contributed by atoms with E-state index < -0.39 is 6.04 Å². The van der Waals surface area contributed by atoms with Crippen molar-refractivity contribution in [3.63, 3.8) is 0 Å². The minimum atomic E-state index is -0.424. The van der Waals surface area contributed by atoms with Gasteiger partial charge in [-0.05, 0) is 44.4 Å². The van der Waals surface area contributed by atoms with Crippen LogP contribution in [0.25, 0.3) is 0 Å². The Labute approximate surface area is 100 Å². The molecule has 0 spiro atoms. The summed E-state index contributed by atoms with van der Waals surface area (Å²) in [5, 5.41) is 5.78. The van der Waals surface area contributed by atoms with E-state index in [9.17, 15) is 9.18 Å². The van der Waals surface area contributed by atoms with Crippen molar-refractivity contribution in [2.24, 2.45) is 0 Å². The van der Waals surface area contributed by atoms with E-state index in [0.29, 0.717) is 11.7 Å². The summed E-state index contributed by atoms with van der Waals surface area (Å²) in [4.78, 5) is 11.7. The first-order valence-electron chi connectivity index (χ1n) is 5.89. The second kappa shape index (κ2) is 4.73. The molecule has 1 aromatic rings. The van der Waals surface area contributed by atoms with Gasteiger partial charge in [-0.15, -0.1) is 0 Å². The van der Waals surface area contributed by atoms with Gasteiger partial charge in [0.1, 0.15) is 11.9 Å². The molecule has 1 aliphatic rings. The first-order chi connectivity index (χ1) is 8.06. The summed E-state index contributed by atoms with van der Waals surface area (Å²) in [6, 6.07) is 4.72. The molecule has 1 saturated carbocycles. The zero-order chi connectivity index (χ0) is 12.4. The lowest BCUT2D eigenvalue weighted by Gasteiger charge is -2.15. The summed E-state index contributed by atoms with van der Waals surface area (Å²) in [5.74, 6) is -0.407. The third kappa shape index (κ3) is 3.19. The van der Waals surface area contributed by atoms with Crippen LogP contribution in [0.3, 0.4) is 0 Å². The summed E-state index contributed by atoms with van der Waals surface area (Å²) in [5.41, 5.74) is 1.34. The number of amides is 1. The topological polar surface area (TPSA) is 41.1 Å². The Bertz CT molecular complexity index is 429. The number of benzene rings is 1. The molecule has 4 heteroatoms. The maximum Gasteiger partial charge on any atom is 0.242 e. The molecule has 92 valence electrons. The van der Waals surface area contributed by atoms with Crippen molar-refractivity contribution in [3.8, 4) is 0 Å². The standard InChI is InChI=1S/C13H17FN2O/c1-8-3-6-11(14)12(7-8)15-9(2)13(17)16-10-4-5-10/h3,6-7,9-10,15H,4-5H2,1-2H3,(H,16,17). The minimum Gasteiger partial charge on any atom is -0.372 e. The third-order valence-corrected chi connectivity index (χ3v) is 2.81. The third-order valence-electron chi connectivity index (χ3n) is 2.81. The average Bonchev–Trinajstić information content (AvgIpc) is 3.07.